The van der Waals surface area contributed by atoms with Crippen LogP contribution >= 0.6 is 0 Å². The minimum absolute atomic E-state index is 0.0798. The third-order valence-corrected chi connectivity index (χ3v) is 8.36. The summed E-state index contributed by atoms with van der Waals surface area (Å²) in [6, 6.07) is 40.5. The van der Waals surface area contributed by atoms with E-state index in [1.54, 1.807) is 25.4 Å². The van der Waals surface area contributed by atoms with Crippen molar-refractivity contribution in [3.8, 4) is 0 Å². The largest absolute Gasteiger partial charge is 0.481 e. The lowest BCUT2D eigenvalue weighted by Crippen LogP contribution is -2.47. The summed E-state index contributed by atoms with van der Waals surface area (Å²) in [5.41, 5.74) is 10.1. The number of nitrogens with one attached hydrogen (secondary N) is 3. The lowest BCUT2D eigenvalue weighted by molar-refractivity contribution is -0.139. The molecule has 1 atom stereocenters. The predicted octanol–water partition coefficient (Wildman–Crippen LogP) is 5.58. The SMILES string of the molecule is CNC(Cc1cn(C)c2ccccc12)C(N)=O.O=C(O)CCC(=O)NC(c1ccccc1)(c1ccccc1)c1ccccc1.O=Cc1ccc[nH]1. The zero-order valence-corrected chi connectivity index (χ0v) is 28.7. The quantitative estimate of drug-likeness (QED) is 0.0836. The molecule has 4 aromatic carbocycles. The van der Waals surface area contributed by atoms with Crippen LogP contribution in [0, 0.1) is 0 Å². The van der Waals surface area contributed by atoms with Crippen molar-refractivity contribution >= 4 is 35.0 Å². The number of aromatic nitrogens is 2. The van der Waals surface area contributed by atoms with E-state index in [4.69, 9.17) is 10.8 Å². The van der Waals surface area contributed by atoms with E-state index in [1.807, 2.05) is 110 Å². The molecule has 2 heterocycles. The molecule has 0 spiro atoms. The van der Waals surface area contributed by atoms with Gasteiger partial charge in [-0.05, 0) is 53.9 Å². The average molecular weight is 686 g/mol. The Labute approximate surface area is 297 Å². The van der Waals surface area contributed by atoms with Gasteiger partial charge in [-0.2, -0.15) is 0 Å². The van der Waals surface area contributed by atoms with Gasteiger partial charge in [-0.25, -0.2) is 0 Å². The van der Waals surface area contributed by atoms with Gasteiger partial charge in [0, 0.05) is 36.8 Å². The van der Waals surface area contributed by atoms with Gasteiger partial charge in [0.1, 0.15) is 5.54 Å². The number of nitrogens with two attached hydrogens (primary N) is 1. The second kappa shape index (κ2) is 18.5. The molecule has 10 heteroatoms. The average Bonchev–Trinajstić information content (AvgIpc) is 3.81. The molecular weight excluding hydrogens is 642 g/mol. The van der Waals surface area contributed by atoms with Gasteiger partial charge in [0.15, 0.2) is 6.29 Å². The Morgan fingerprint density at radius 1 is 0.804 bits per heavy atom. The van der Waals surface area contributed by atoms with Crippen LogP contribution in [0.25, 0.3) is 10.9 Å². The lowest BCUT2D eigenvalue weighted by Gasteiger charge is -2.37. The second-order valence-corrected chi connectivity index (χ2v) is 11.8. The molecule has 0 aliphatic heterocycles. The molecule has 0 aliphatic carbocycles. The summed E-state index contributed by atoms with van der Waals surface area (Å²) in [7, 11) is 3.75. The normalized spacial score (nSPS) is 11.3. The number of carboxylic acids is 1. The van der Waals surface area contributed by atoms with Crippen molar-refractivity contribution in [3.63, 3.8) is 0 Å². The number of aldehydes is 1. The number of benzene rings is 4. The van der Waals surface area contributed by atoms with Crippen molar-refractivity contribution in [1.29, 1.82) is 0 Å². The summed E-state index contributed by atoms with van der Waals surface area (Å²) < 4.78 is 2.07. The predicted molar refractivity (Wildman–Crippen MR) is 199 cm³/mol. The molecule has 0 aliphatic rings. The van der Waals surface area contributed by atoms with Crippen molar-refractivity contribution in [2.24, 2.45) is 12.8 Å². The number of hydrogen-bond acceptors (Lipinski definition) is 5. The van der Waals surface area contributed by atoms with Crippen molar-refractivity contribution in [1.82, 2.24) is 20.2 Å². The Hall–Kier alpha value is -6.26. The molecule has 0 radical (unpaired) electrons. The van der Waals surface area contributed by atoms with Crippen LogP contribution < -0.4 is 16.4 Å². The standard InChI is InChI=1S/C23H21NO3.C13H17N3O.C5H5NO/c25-21(16-17-22(26)27)24-23(18-10-4-1-5-11-18,19-12-6-2-7-13-19)20-14-8-3-9-15-20;1-15-11(13(14)17)7-9-8-16(2)12-6-4-3-5-10(9)12;7-4-5-2-1-3-6-5/h1-15H,16-17H2,(H,24,25)(H,26,27);3-6,8,11,15H,7H2,1-2H3,(H2,14,17);1-4,6H. The molecule has 6 aromatic rings. The number of aliphatic carboxylic acids is 1. The molecule has 10 nitrogen and oxygen atoms in total. The molecule has 6 rings (SSSR count). The summed E-state index contributed by atoms with van der Waals surface area (Å²) in [4.78, 5) is 47.4. The summed E-state index contributed by atoms with van der Waals surface area (Å²) >= 11 is 0. The van der Waals surface area contributed by atoms with E-state index in [0.717, 1.165) is 28.5 Å². The number of likely N-dealkylation sites (N-methyl/N-ethyl adjacent to an activating group) is 1. The van der Waals surface area contributed by atoms with Crippen LogP contribution in [0.5, 0.6) is 0 Å². The molecule has 51 heavy (non-hydrogen) atoms. The van der Waals surface area contributed by atoms with Gasteiger partial charge in [-0.1, -0.05) is 109 Å². The lowest BCUT2D eigenvalue weighted by atomic mass is 9.77. The van der Waals surface area contributed by atoms with Crippen LogP contribution in [0.4, 0.5) is 0 Å². The molecule has 0 fully saturated rings. The molecule has 1 unspecified atom stereocenters. The first-order valence-electron chi connectivity index (χ1n) is 16.5. The number of aromatic amines is 1. The van der Waals surface area contributed by atoms with Crippen molar-refractivity contribution in [2.75, 3.05) is 7.05 Å². The fourth-order valence-corrected chi connectivity index (χ4v) is 5.84. The Kier molecular flexibility index (Phi) is 13.6. The number of aryl methyl sites for hydroxylation is 1. The summed E-state index contributed by atoms with van der Waals surface area (Å²) in [5.74, 6) is -1.62. The van der Waals surface area contributed by atoms with Gasteiger partial charge in [0.2, 0.25) is 11.8 Å². The fourth-order valence-electron chi connectivity index (χ4n) is 5.84. The number of carbonyl (C=O) groups is 4. The highest BCUT2D eigenvalue weighted by Gasteiger charge is 2.37. The summed E-state index contributed by atoms with van der Waals surface area (Å²) in [6.07, 6.45) is 4.87. The number of fused-ring (bicyclic) bond motifs is 1. The fraction of sp³-hybridized carbons (Fsp3) is 0.171. The number of para-hydroxylation sites is 1. The molecular formula is C41H43N5O5. The number of nitrogens with zero attached hydrogens (tertiary/aromatic N) is 1. The third kappa shape index (κ3) is 9.90. The number of carbonyl (C=O) groups excluding carboxylic acids is 3. The van der Waals surface area contributed by atoms with Gasteiger partial charge < -0.3 is 31.0 Å². The van der Waals surface area contributed by atoms with E-state index in [-0.39, 0.29) is 30.7 Å². The zero-order chi connectivity index (χ0) is 36.6. The monoisotopic (exact) mass is 685 g/mol. The summed E-state index contributed by atoms with van der Waals surface area (Å²) in [6.45, 7) is 0. The van der Waals surface area contributed by atoms with Crippen LogP contribution in [0.2, 0.25) is 0 Å². The van der Waals surface area contributed by atoms with Gasteiger partial charge in [0.05, 0.1) is 18.2 Å². The van der Waals surface area contributed by atoms with Gasteiger partial charge in [-0.3, -0.25) is 19.2 Å². The Balaban J connectivity index is 0.000000205. The maximum Gasteiger partial charge on any atom is 0.303 e. The van der Waals surface area contributed by atoms with Crippen LogP contribution in [0.3, 0.4) is 0 Å². The van der Waals surface area contributed by atoms with E-state index in [0.29, 0.717) is 12.1 Å². The molecule has 0 saturated heterocycles. The first-order valence-corrected chi connectivity index (χ1v) is 16.5. The Morgan fingerprint density at radius 2 is 1.33 bits per heavy atom. The molecule has 6 N–H and O–H groups in total. The number of H-pyrrole nitrogens is 1. The third-order valence-electron chi connectivity index (χ3n) is 8.36. The summed E-state index contributed by atoms with van der Waals surface area (Å²) in [5, 5.41) is 16.2. The van der Waals surface area contributed by atoms with E-state index in [9.17, 15) is 19.2 Å². The van der Waals surface area contributed by atoms with Crippen molar-refractivity contribution < 1.29 is 24.3 Å². The van der Waals surface area contributed by atoms with Gasteiger partial charge in [-0.15, -0.1) is 0 Å². The van der Waals surface area contributed by atoms with Crippen molar-refractivity contribution in [3.05, 3.63) is 168 Å². The highest BCUT2D eigenvalue weighted by molar-refractivity contribution is 5.86. The molecule has 0 bridgehead atoms. The van der Waals surface area contributed by atoms with Crippen LogP contribution in [0.15, 0.2) is 140 Å². The molecule has 2 aromatic heterocycles. The number of carboxylic acid groups (broad SMARTS) is 1. The second-order valence-electron chi connectivity index (χ2n) is 11.8. The van der Waals surface area contributed by atoms with E-state index >= 15 is 0 Å². The molecule has 2 amide bonds. The van der Waals surface area contributed by atoms with E-state index < -0.39 is 11.5 Å². The Bertz CT molecular complexity index is 1900. The first-order chi connectivity index (χ1) is 24.7. The maximum absolute atomic E-state index is 12.7. The number of primary amides is 1. The van der Waals surface area contributed by atoms with E-state index in [1.165, 1.54) is 10.9 Å². The number of amides is 2. The number of rotatable bonds is 12. The van der Waals surface area contributed by atoms with Crippen LogP contribution in [0.1, 0.15) is 45.6 Å². The highest BCUT2D eigenvalue weighted by Crippen LogP contribution is 2.36. The first kappa shape index (κ1) is 37.6. The van der Waals surface area contributed by atoms with Gasteiger partial charge in [0.25, 0.3) is 0 Å². The van der Waals surface area contributed by atoms with Gasteiger partial charge >= 0.3 is 5.97 Å². The minimum atomic E-state index is -0.991. The van der Waals surface area contributed by atoms with Crippen LogP contribution in [-0.4, -0.2) is 51.8 Å². The minimum Gasteiger partial charge on any atom is -0.481 e. The number of hydrogen-bond donors (Lipinski definition) is 5. The zero-order valence-electron chi connectivity index (χ0n) is 28.7. The smallest absolute Gasteiger partial charge is 0.303 e. The molecule has 262 valence electrons. The topological polar surface area (TPSA) is 159 Å². The Morgan fingerprint density at radius 3 is 1.76 bits per heavy atom. The van der Waals surface area contributed by atoms with Crippen molar-refractivity contribution in [2.45, 2.75) is 30.8 Å². The van der Waals surface area contributed by atoms with E-state index in [2.05, 4.69) is 38.5 Å². The highest BCUT2D eigenvalue weighted by atomic mass is 16.4. The molecule has 0 saturated carbocycles. The van der Waals surface area contributed by atoms with Crippen LogP contribution in [-0.2, 0) is 33.4 Å². The maximum atomic E-state index is 12.7.